The third-order valence-corrected chi connectivity index (χ3v) is 3.70. The van der Waals surface area contributed by atoms with Crippen LogP contribution in [0.4, 0.5) is 0 Å². The molecule has 0 spiro atoms. The predicted octanol–water partition coefficient (Wildman–Crippen LogP) is 2.48. The van der Waals surface area contributed by atoms with Gasteiger partial charge in [0.25, 0.3) is 0 Å². The molecule has 0 saturated heterocycles. The second kappa shape index (κ2) is 7.24. The average Bonchev–Trinajstić information content (AvgIpc) is 2.27. The zero-order valence-electron chi connectivity index (χ0n) is 10.5. The molecule has 0 bridgehead atoms. The van der Waals surface area contributed by atoms with Crippen LogP contribution in [0.15, 0.2) is 0 Å². The first-order valence-corrected chi connectivity index (χ1v) is 6.61. The highest BCUT2D eigenvalue weighted by molar-refractivity contribution is 4.69. The first-order chi connectivity index (χ1) is 7.22. The van der Waals surface area contributed by atoms with Crippen LogP contribution in [0.25, 0.3) is 0 Å². The average molecular weight is 212 g/mol. The summed E-state index contributed by atoms with van der Waals surface area (Å²) in [6.45, 7) is 5.60. The van der Waals surface area contributed by atoms with Gasteiger partial charge in [0.2, 0.25) is 0 Å². The molecule has 0 aromatic rings. The summed E-state index contributed by atoms with van der Waals surface area (Å²) in [6.07, 6.45) is 8.53. The molecule has 0 aromatic carbocycles. The van der Waals surface area contributed by atoms with Crippen molar-refractivity contribution in [2.24, 2.45) is 17.6 Å². The molecule has 0 aliphatic heterocycles. The predicted molar refractivity (Wildman–Crippen MR) is 66.9 cm³/mol. The van der Waals surface area contributed by atoms with Crippen molar-refractivity contribution < 1.29 is 0 Å². The van der Waals surface area contributed by atoms with Gasteiger partial charge >= 0.3 is 0 Å². The lowest BCUT2D eigenvalue weighted by Crippen LogP contribution is -2.29. The van der Waals surface area contributed by atoms with Gasteiger partial charge in [-0.05, 0) is 51.2 Å². The first kappa shape index (κ1) is 13.0. The molecule has 1 aliphatic carbocycles. The summed E-state index contributed by atoms with van der Waals surface area (Å²) in [4.78, 5) is 2.50. The highest BCUT2D eigenvalue weighted by atomic mass is 15.1. The smallest absolute Gasteiger partial charge is 0.000661 e. The van der Waals surface area contributed by atoms with Gasteiger partial charge < -0.3 is 10.6 Å². The molecule has 1 aliphatic rings. The number of hydrogen-bond donors (Lipinski definition) is 1. The second-order valence-electron chi connectivity index (χ2n) is 5.40. The van der Waals surface area contributed by atoms with Crippen LogP contribution < -0.4 is 5.73 Å². The molecule has 0 radical (unpaired) electrons. The molecule has 1 fully saturated rings. The molecule has 2 heteroatoms. The van der Waals surface area contributed by atoms with Crippen molar-refractivity contribution in [3.8, 4) is 0 Å². The summed E-state index contributed by atoms with van der Waals surface area (Å²) in [5, 5.41) is 0. The van der Waals surface area contributed by atoms with Gasteiger partial charge in [-0.2, -0.15) is 0 Å². The van der Waals surface area contributed by atoms with Crippen LogP contribution in [0.1, 0.15) is 45.4 Å². The zero-order valence-corrected chi connectivity index (χ0v) is 10.5. The molecule has 0 aromatic heterocycles. The Balaban J connectivity index is 2.08. The van der Waals surface area contributed by atoms with Gasteiger partial charge in [0.15, 0.2) is 0 Å². The van der Waals surface area contributed by atoms with Crippen LogP contribution in [-0.2, 0) is 0 Å². The van der Waals surface area contributed by atoms with Crippen molar-refractivity contribution in [1.29, 1.82) is 0 Å². The molecule has 15 heavy (non-hydrogen) atoms. The van der Waals surface area contributed by atoms with Gasteiger partial charge in [0.1, 0.15) is 0 Å². The maximum atomic E-state index is 5.62. The van der Waals surface area contributed by atoms with E-state index in [1.165, 1.54) is 51.6 Å². The van der Waals surface area contributed by atoms with Gasteiger partial charge in [0, 0.05) is 6.54 Å². The molecule has 2 N–H and O–H groups in total. The fraction of sp³-hybridized carbons (Fsp3) is 1.00. The maximum Gasteiger partial charge on any atom is 0.000661 e. The Kier molecular flexibility index (Phi) is 6.26. The monoisotopic (exact) mass is 212 g/mol. The maximum absolute atomic E-state index is 5.62. The van der Waals surface area contributed by atoms with Crippen molar-refractivity contribution in [2.45, 2.75) is 45.4 Å². The van der Waals surface area contributed by atoms with Gasteiger partial charge in [-0.3, -0.25) is 0 Å². The number of nitrogens with zero attached hydrogens (tertiary/aromatic N) is 1. The normalized spacial score (nSPS) is 20.8. The third-order valence-electron chi connectivity index (χ3n) is 3.70. The minimum absolute atomic E-state index is 0.679. The molecule has 2 nitrogen and oxygen atoms in total. The Morgan fingerprint density at radius 1 is 1.27 bits per heavy atom. The molecule has 1 atom stereocenters. The summed E-state index contributed by atoms with van der Waals surface area (Å²) in [5.74, 6) is 1.65. The lowest BCUT2D eigenvalue weighted by Gasteiger charge is -2.27. The van der Waals surface area contributed by atoms with Crippen LogP contribution in [-0.4, -0.2) is 31.6 Å². The van der Waals surface area contributed by atoms with E-state index in [1.807, 2.05) is 0 Å². The van der Waals surface area contributed by atoms with Crippen LogP contribution in [0, 0.1) is 11.8 Å². The summed E-state index contributed by atoms with van der Waals surface area (Å²) in [5.41, 5.74) is 5.62. The van der Waals surface area contributed by atoms with Crippen LogP contribution >= 0.6 is 0 Å². The lowest BCUT2D eigenvalue weighted by molar-refractivity contribution is 0.224. The van der Waals surface area contributed by atoms with E-state index in [-0.39, 0.29) is 0 Å². The Morgan fingerprint density at radius 2 is 1.93 bits per heavy atom. The Morgan fingerprint density at radius 3 is 2.53 bits per heavy atom. The van der Waals surface area contributed by atoms with Crippen LogP contribution in [0.2, 0.25) is 0 Å². The highest BCUT2D eigenvalue weighted by Gasteiger charge is 2.15. The molecule has 1 unspecified atom stereocenters. The quantitative estimate of drug-likeness (QED) is 0.733. The fourth-order valence-electron chi connectivity index (χ4n) is 2.46. The van der Waals surface area contributed by atoms with Crippen molar-refractivity contribution in [3.63, 3.8) is 0 Å². The van der Waals surface area contributed by atoms with E-state index in [0.29, 0.717) is 5.92 Å². The Labute approximate surface area is 95.2 Å². The largest absolute Gasteiger partial charge is 0.330 e. The first-order valence-electron chi connectivity index (χ1n) is 6.61. The van der Waals surface area contributed by atoms with Crippen molar-refractivity contribution in [1.82, 2.24) is 4.90 Å². The summed E-state index contributed by atoms with van der Waals surface area (Å²) in [6, 6.07) is 0. The van der Waals surface area contributed by atoms with E-state index < -0.39 is 0 Å². The highest BCUT2D eigenvalue weighted by Crippen LogP contribution is 2.24. The molecule has 0 amide bonds. The summed E-state index contributed by atoms with van der Waals surface area (Å²) < 4.78 is 0. The van der Waals surface area contributed by atoms with E-state index in [4.69, 9.17) is 5.73 Å². The standard InChI is InChI=1S/C13H28N2/c1-12(10-14)8-9-15(2)11-13-6-4-3-5-7-13/h12-13H,3-11,14H2,1-2H3. The SMILES string of the molecule is CC(CN)CCN(C)CC1CCCCC1. The molecule has 1 saturated carbocycles. The number of nitrogens with two attached hydrogens (primary N) is 1. The van der Waals surface area contributed by atoms with E-state index >= 15 is 0 Å². The summed E-state index contributed by atoms with van der Waals surface area (Å²) >= 11 is 0. The van der Waals surface area contributed by atoms with Gasteiger partial charge in [-0.1, -0.05) is 26.2 Å². The minimum atomic E-state index is 0.679. The van der Waals surface area contributed by atoms with Gasteiger partial charge in [0.05, 0.1) is 0 Å². The third kappa shape index (κ3) is 5.53. The molecule has 1 rings (SSSR count). The molecular formula is C13H28N2. The Hall–Kier alpha value is -0.0800. The van der Waals surface area contributed by atoms with Crippen LogP contribution in [0.3, 0.4) is 0 Å². The van der Waals surface area contributed by atoms with Gasteiger partial charge in [-0.25, -0.2) is 0 Å². The number of rotatable bonds is 6. The van der Waals surface area contributed by atoms with E-state index in [1.54, 1.807) is 0 Å². The van der Waals surface area contributed by atoms with Crippen molar-refractivity contribution in [2.75, 3.05) is 26.7 Å². The van der Waals surface area contributed by atoms with Crippen molar-refractivity contribution in [3.05, 3.63) is 0 Å². The van der Waals surface area contributed by atoms with Crippen molar-refractivity contribution >= 4 is 0 Å². The zero-order chi connectivity index (χ0) is 11.1. The fourth-order valence-corrected chi connectivity index (χ4v) is 2.46. The van der Waals surface area contributed by atoms with E-state index in [2.05, 4.69) is 18.9 Å². The molecular weight excluding hydrogens is 184 g/mol. The van der Waals surface area contributed by atoms with Crippen LogP contribution in [0.5, 0.6) is 0 Å². The Bertz CT molecular complexity index is 153. The lowest BCUT2D eigenvalue weighted by atomic mass is 9.89. The minimum Gasteiger partial charge on any atom is -0.330 e. The summed E-state index contributed by atoms with van der Waals surface area (Å²) in [7, 11) is 2.26. The molecule has 90 valence electrons. The van der Waals surface area contributed by atoms with E-state index in [0.717, 1.165) is 12.5 Å². The second-order valence-corrected chi connectivity index (χ2v) is 5.40. The van der Waals surface area contributed by atoms with Gasteiger partial charge in [-0.15, -0.1) is 0 Å². The van der Waals surface area contributed by atoms with E-state index in [9.17, 15) is 0 Å². The topological polar surface area (TPSA) is 29.3 Å². The molecule has 0 heterocycles. The number of hydrogen-bond acceptors (Lipinski definition) is 2.